The first-order valence-electron chi connectivity index (χ1n) is 12.9. The number of ether oxygens (including phenoxy) is 2. The molecule has 0 amide bonds. The number of esters is 1. The van der Waals surface area contributed by atoms with Gasteiger partial charge in [-0.1, -0.05) is 84.0 Å². The molecule has 0 aliphatic carbocycles. The molecule has 202 valence electrons. The molecule has 0 heterocycles. The van der Waals surface area contributed by atoms with Gasteiger partial charge in [-0.2, -0.15) is 11.8 Å². The van der Waals surface area contributed by atoms with Crippen LogP contribution in [0.25, 0.3) is 0 Å². The van der Waals surface area contributed by atoms with Crippen molar-refractivity contribution in [2.24, 2.45) is 0 Å². The standard InChI is InChI=1S/C24H47O8PS.2Na/c1-2-3-4-5-6-7-8-9-11-14-17-24(26)32-23(20-31-33(27,28)29)21-34-19-16-13-10-12-15-18-30-22-25;;/h22-23H,2-21H2,1H3,(H2,27,28,29);;/q;2*+1/p-2/t23-;;/m1../s1. The van der Waals surface area contributed by atoms with Crippen LogP contribution in [-0.4, -0.2) is 43.3 Å². The molecule has 0 saturated heterocycles. The fourth-order valence-corrected chi connectivity index (χ4v) is 4.83. The molecule has 12 heteroatoms. The summed E-state index contributed by atoms with van der Waals surface area (Å²) in [5, 5.41) is 0. The van der Waals surface area contributed by atoms with E-state index in [1.165, 1.54) is 44.9 Å². The van der Waals surface area contributed by atoms with Crippen LogP contribution in [0.4, 0.5) is 0 Å². The van der Waals surface area contributed by atoms with Crippen molar-refractivity contribution in [2.75, 3.05) is 24.7 Å². The molecule has 0 spiro atoms. The van der Waals surface area contributed by atoms with Gasteiger partial charge < -0.3 is 28.3 Å². The van der Waals surface area contributed by atoms with E-state index in [9.17, 15) is 23.9 Å². The number of thioether (sulfide) groups is 1. The maximum Gasteiger partial charge on any atom is 1.00 e. The van der Waals surface area contributed by atoms with Gasteiger partial charge in [0.15, 0.2) is 0 Å². The van der Waals surface area contributed by atoms with Crippen molar-refractivity contribution in [1.29, 1.82) is 0 Å². The summed E-state index contributed by atoms with van der Waals surface area (Å²) >= 11 is 1.55. The van der Waals surface area contributed by atoms with Crippen molar-refractivity contribution in [1.82, 2.24) is 0 Å². The first-order chi connectivity index (χ1) is 16.4. The van der Waals surface area contributed by atoms with Gasteiger partial charge in [-0.3, -0.25) is 9.59 Å². The number of carbonyl (C=O) groups is 2. The van der Waals surface area contributed by atoms with Gasteiger partial charge in [-0.05, 0) is 25.0 Å². The van der Waals surface area contributed by atoms with E-state index >= 15 is 0 Å². The molecule has 0 rings (SSSR count). The summed E-state index contributed by atoms with van der Waals surface area (Å²) in [6.45, 7) is 2.69. The van der Waals surface area contributed by atoms with Crippen molar-refractivity contribution in [2.45, 2.75) is 116 Å². The van der Waals surface area contributed by atoms with Crippen molar-refractivity contribution in [3.05, 3.63) is 0 Å². The molecule has 0 aromatic rings. The van der Waals surface area contributed by atoms with Gasteiger partial charge in [0.2, 0.25) is 0 Å². The van der Waals surface area contributed by atoms with Crippen molar-refractivity contribution >= 4 is 32.0 Å². The Bertz CT molecular complexity index is 540. The summed E-state index contributed by atoms with van der Waals surface area (Å²) in [4.78, 5) is 43.8. The van der Waals surface area contributed by atoms with E-state index in [1.54, 1.807) is 11.8 Å². The molecule has 0 N–H and O–H groups in total. The molecule has 0 aliphatic heterocycles. The van der Waals surface area contributed by atoms with Crippen LogP contribution in [0, 0.1) is 0 Å². The van der Waals surface area contributed by atoms with Gasteiger partial charge in [0.05, 0.1) is 21.0 Å². The van der Waals surface area contributed by atoms with Gasteiger partial charge in [0.1, 0.15) is 6.10 Å². The average molecular weight is 571 g/mol. The molecule has 0 unspecified atom stereocenters. The first-order valence-corrected chi connectivity index (χ1v) is 15.5. The molecular formula is C24H45Na2O8PS. The Labute approximate surface area is 267 Å². The van der Waals surface area contributed by atoms with E-state index in [4.69, 9.17) is 4.74 Å². The van der Waals surface area contributed by atoms with Crippen LogP contribution >= 0.6 is 19.6 Å². The second-order valence-electron chi connectivity index (χ2n) is 8.60. The summed E-state index contributed by atoms with van der Waals surface area (Å²) in [7, 11) is -5.11. The minimum absolute atomic E-state index is 0. The van der Waals surface area contributed by atoms with E-state index in [2.05, 4.69) is 16.2 Å². The summed E-state index contributed by atoms with van der Waals surface area (Å²) in [5.41, 5.74) is 0. The molecule has 0 aromatic carbocycles. The molecule has 0 aromatic heterocycles. The Hall–Kier alpha value is 1.40. The van der Waals surface area contributed by atoms with Crippen LogP contribution in [0.1, 0.15) is 110 Å². The average Bonchev–Trinajstić information content (AvgIpc) is 2.79. The number of hydrogen-bond donors (Lipinski definition) is 0. The Morgan fingerprint density at radius 3 is 1.94 bits per heavy atom. The smallest absolute Gasteiger partial charge is 0.790 e. The van der Waals surface area contributed by atoms with Crippen molar-refractivity contribution in [3.63, 3.8) is 0 Å². The molecule has 36 heavy (non-hydrogen) atoms. The van der Waals surface area contributed by atoms with Crippen LogP contribution in [-0.2, 0) is 28.2 Å². The summed E-state index contributed by atoms with van der Waals surface area (Å²) in [5.74, 6) is 0.846. The predicted octanol–water partition coefficient (Wildman–Crippen LogP) is -1.08. The Morgan fingerprint density at radius 2 is 1.39 bits per heavy atom. The van der Waals surface area contributed by atoms with Crippen LogP contribution in [0.3, 0.4) is 0 Å². The third-order valence-electron chi connectivity index (χ3n) is 5.37. The van der Waals surface area contributed by atoms with Gasteiger partial charge in [0, 0.05) is 12.2 Å². The minimum Gasteiger partial charge on any atom is -0.790 e. The zero-order valence-corrected chi connectivity index (χ0v) is 28.6. The number of carbonyl (C=O) groups excluding carboxylic acids is 2. The third kappa shape index (κ3) is 33.4. The summed E-state index contributed by atoms with van der Waals surface area (Å²) in [6, 6.07) is 0. The molecule has 8 nitrogen and oxygen atoms in total. The molecule has 0 fully saturated rings. The molecule has 0 saturated carbocycles. The van der Waals surface area contributed by atoms with E-state index in [1.807, 2.05) is 0 Å². The van der Waals surface area contributed by atoms with Crippen LogP contribution < -0.4 is 68.9 Å². The zero-order valence-electron chi connectivity index (χ0n) is 22.9. The van der Waals surface area contributed by atoms with E-state index < -0.39 is 20.5 Å². The number of phosphoric acid groups is 1. The Morgan fingerprint density at radius 1 is 0.861 bits per heavy atom. The van der Waals surface area contributed by atoms with E-state index in [0.29, 0.717) is 18.8 Å². The van der Waals surface area contributed by atoms with Crippen LogP contribution in [0.15, 0.2) is 0 Å². The molecule has 1 atom stereocenters. The van der Waals surface area contributed by atoms with E-state index in [0.717, 1.165) is 57.1 Å². The first kappa shape index (κ1) is 41.9. The maximum absolute atomic E-state index is 12.2. The fraction of sp³-hybridized carbons (Fsp3) is 0.917. The van der Waals surface area contributed by atoms with E-state index in [-0.39, 0.29) is 71.5 Å². The second kappa shape index (κ2) is 30.9. The number of unbranched alkanes of at least 4 members (excludes halogenated alkanes) is 13. The quantitative estimate of drug-likeness (QED) is 0.0420. The summed E-state index contributed by atoms with van der Waals surface area (Å²) < 4.78 is 25.2. The maximum atomic E-state index is 12.2. The molecular weight excluding hydrogens is 525 g/mol. The predicted molar refractivity (Wildman–Crippen MR) is 132 cm³/mol. The van der Waals surface area contributed by atoms with Crippen molar-refractivity contribution in [3.8, 4) is 0 Å². The number of rotatable bonds is 26. The SMILES string of the molecule is CCCCCCCCCCCCC(=O)O[C@H](COP(=O)([O-])[O-])CSCCCCCCCOC=O.[Na+].[Na+]. The molecule has 0 aliphatic rings. The molecule has 0 radical (unpaired) electrons. The normalized spacial score (nSPS) is 11.8. The Kier molecular flexibility index (Phi) is 36.0. The topological polar surface area (TPSA) is 125 Å². The number of phosphoric ester groups is 1. The minimum atomic E-state index is -5.11. The fourth-order valence-electron chi connectivity index (χ4n) is 3.47. The second-order valence-corrected chi connectivity index (χ2v) is 10.9. The Balaban J connectivity index is -0.00000544. The van der Waals surface area contributed by atoms with Gasteiger partial charge in [-0.15, -0.1) is 0 Å². The zero-order chi connectivity index (χ0) is 25.3. The monoisotopic (exact) mass is 570 g/mol. The van der Waals surface area contributed by atoms with Gasteiger partial charge in [0.25, 0.3) is 6.47 Å². The molecule has 0 bridgehead atoms. The number of hydrogen-bond acceptors (Lipinski definition) is 9. The van der Waals surface area contributed by atoms with Crippen LogP contribution in [0.5, 0.6) is 0 Å². The van der Waals surface area contributed by atoms with Gasteiger partial charge in [-0.25, -0.2) is 0 Å². The third-order valence-corrected chi connectivity index (χ3v) is 7.02. The largest absolute Gasteiger partial charge is 1.00 e. The van der Waals surface area contributed by atoms with Crippen molar-refractivity contribution < 1.29 is 97.1 Å². The van der Waals surface area contributed by atoms with Gasteiger partial charge >= 0.3 is 65.1 Å². The van der Waals surface area contributed by atoms with Crippen LogP contribution in [0.2, 0.25) is 0 Å². The summed E-state index contributed by atoms with van der Waals surface area (Å²) in [6.07, 6.45) is 16.1.